The fourth-order valence-corrected chi connectivity index (χ4v) is 3.79. The molecule has 2 rings (SSSR count). The molecule has 4 heteroatoms. The summed E-state index contributed by atoms with van der Waals surface area (Å²) in [6.07, 6.45) is 2.10. The molecule has 114 valence electrons. The van der Waals surface area contributed by atoms with Crippen LogP contribution in [0.5, 0.6) is 0 Å². The van der Waals surface area contributed by atoms with Crippen molar-refractivity contribution in [2.45, 2.75) is 72.0 Å². The van der Waals surface area contributed by atoms with Crippen molar-refractivity contribution < 1.29 is 19.1 Å². The van der Waals surface area contributed by atoms with E-state index in [1.807, 2.05) is 41.5 Å². The van der Waals surface area contributed by atoms with E-state index in [-0.39, 0.29) is 35.6 Å². The van der Waals surface area contributed by atoms with Crippen molar-refractivity contribution in [2.24, 2.45) is 17.3 Å². The predicted octanol–water partition coefficient (Wildman–Crippen LogP) is 3.09. The third-order valence-corrected chi connectivity index (χ3v) is 4.66. The molecular weight excluding hydrogens is 256 g/mol. The zero-order chi connectivity index (χ0) is 15.3. The molecule has 0 bridgehead atoms. The highest BCUT2D eigenvalue weighted by molar-refractivity contribution is 5.79. The van der Waals surface area contributed by atoms with Crippen LogP contribution >= 0.6 is 0 Å². The molecule has 0 aromatic carbocycles. The van der Waals surface area contributed by atoms with Crippen molar-refractivity contribution in [3.63, 3.8) is 0 Å². The van der Waals surface area contributed by atoms with Gasteiger partial charge in [-0.3, -0.25) is 9.59 Å². The van der Waals surface area contributed by atoms with Crippen molar-refractivity contribution in [3.05, 3.63) is 0 Å². The van der Waals surface area contributed by atoms with E-state index in [0.717, 1.165) is 12.8 Å². The van der Waals surface area contributed by atoms with E-state index in [0.29, 0.717) is 0 Å². The van der Waals surface area contributed by atoms with Gasteiger partial charge >= 0.3 is 11.9 Å². The van der Waals surface area contributed by atoms with E-state index in [2.05, 4.69) is 0 Å². The molecule has 2 fully saturated rings. The number of fused-ring (bicyclic) bond motifs is 1. The standard InChI is InChI=1S/C16H26O4/c1-14(2,3)19-11(17)9-16(6)8-7-10-12(16)13(18)20-15(10,4)5/h10,12H,7-9H2,1-6H3/t10-,12+,16+/m1/s1. The Balaban J connectivity index is 2.13. The van der Waals surface area contributed by atoms with E-state index in [9.17, 15) is 9.59 Å². The lowest BCUT2D eigenvalue weighted by atomic mass is 9.73. The van der Waals surface area contributed by atoms with Crippen LogP contribution in [0.25, 0.3) is 0 Å². The van der Waals surface area contributed by atoms with Crippen LogP contribution in [0, 0.1) is 17.3 Å². The Bertz CT molecular complexity index is 432. The molecular formula is C16H26O4. The molecule has 20 heavy (non-hydrogen) atoms. The molecule has 1 heterocycles. The van der Waals surface area contributed by atoms with Crippen LogP contribution in [0.2, 0.25) is 0 Å². The van der Waals surface area contributed by atoms with Gasteiger partial charge in [0.25, 0.3) is 0 Å². The monoisotopic (exact) mass is 282 g/mol. The summed E-state index contributed by atoms with van der Waals surface area (Å²) in [7, 11) is 0. The van der Waals surface area contributed by atoms with Crippen molar-refractivity contribution in [1.82, 2.24) is 0 Å². The molecule has 2 aliphatic rings. The Morgan fingerprint density at radius 1 is 1.35 bits per heavy atom. The molecule has 0 unspecified atom stereocenters. The molecule has 0 radical (unpaired) electrons. The van der Waals surface area contributed by atoms with Gasteiger partial charge < -0.3 is 9.47 Å². The Morgan fingerprint density at radius 3 is 2.50 bits per heavy atom. The highest BCUT2D eigenvalue weighted by Gasteiger charge is 2.61. The zero-order valence-corrected chi connectivity index (χ0v) is 13.4. The van der Waals surface area contributed by atoms with Crippen LogP contribution in [-0.2, 0) is 19.1 Å². The summed E-state index contributed by atoms with van der Waals surface area (Å²) in [5.41, 5.74) is -1.23. The van der Waals surface area contributed by atoms with Crippen molar-refractivity contribution in [1.29, 1.82) is 0 Å². The van der Waals surface area contributed by atoms with Gasteiger partial charge in [-0.25, -0.2) is 0 Å². The lowest BCUT2D eigenvalue weighted by molar-refractivity contribution is -0.159. The van der Waals surface area contributed by atoms with Gasteiger partial charge in [0.15, 0.2) is 0 Å². The quantitative estimate of drug-likeness (QED) is 0.730. The summed E-state index contributed by atoms with van der Waals surface area (Å²) >= 11 is 0. The first-order valence-electron chi connectivity index (χ1n) is 7.39. The van der Waals surface area contributed by atoms with Gasteiger partial charge in [-0.15, -0.1) is 0 Å². The molecule has 0 spiro atoms. The predicted molar refractivity (Wildman–Crippen MR) is 75.0 cm³/mol. The second kappa shape index (κ2) is 4.47. The van der Waals surface area contributed by atoms with Gasteiger partial charge in [-0.1, -0.05) is 6.92 Å². The lowest BCUT2D eigenvalue weighted by Gasteiger charge is -2.29. The number of rotatable bonds is 2. The third-order valence-electron chi connectivity index (χ3n) is 4.66. The van der Waals surface area contributed by atoms with Crippen LogP contribution in [0.4, 0.5) is 0 Å². The van der Waals surface area contributed by atoms with E-state index >= 15 is 0 Å². The summed E-state index contributed by atoms with van der Waals surface area (Å²) in [5.74, 6) is -0.339. The second-order valence-corrected chi connectivity index (χ2v) is 8.06. The summed E-state index contributed by atoms with van der Waals surface area (Å²) in [5, 5.41) is 0. The number of hydrogen-bond donors (Lipinski definition) is 0. The minimum absolute atomic E-state index is 0.149. The highest BCUT2D eigenvalue weighted by Crippen LogP contribution is 2.57. The molecule has 4 nitrogen and oxygen atoms in total. The normalized spacial score (nSPS) is 35.6. The Kier molecular flexibility index (Phi) is 3.43. The maximum absolute atomic E-state index is 12.2. The maximum Gasteiger partial charge on any atom is 0.310 e. The van der Waals surface area contributed by atoms with Crippen LogP contribution in [0.3, 0.4) is 0 Å². The molecule has 3 atom stereocenters. The first kappa shape index (κ1) is 15.3. The molecule has 0 aromatic rings. The SMILES string of the molecule is CC(C)(C)OC(=O)C[C@]1(C)CC[C@@H]2[C@H]1C(=O)OC2(C)C. The van der Waals surface area contributed by atoms with Crippen LogP contribution in [0.1, 0.15) is 60.8 Å². The van der Waals surface area contributed by atoms with Crippen molar-refractivity contribution in [2.75, 3.05) is 0 Å². The Labute approximate surface area is 121 Å². The first-order valence-corrected chi connectivity index (χ1v) is 7.39. The maximum atomic E-state index is 12.2. The summed E-state index contributed by atoms with van der Waals surface area (Å²) in [6, 6.07) is 0. The minimum atomic E-state index is -0.485. The molecule has 1 saturated heterocycles. The van der Waals surface area contributed by atoms with Gasteiger partial charge in [0.05, 0.1) is 12.3 Å². The molecule has 1 aliphatic heterocycles. The number of ether oxygens (including phenoxy) is 2. The first-order chi connectivity index (χ1) is 8.95. The molecule has 0 aromatic heterocycles. The molecule has 1 aliphatic carbocycles. The van der Waals surface area contributed by atoms with E-state index in [1.165, 1.54) is 0 Å². The second-order valence-electron chi connectivity index (χ2n) is 8.06. The number of hydrogen-bond acceptors (Lipinski definition) is 4. The van der Waals surface area contributed by atoms with E-state index in [4.69, 9.17) is 9.47 Å². The van der Waals surface area contributed by atoms with Gasteiger partial charge in [0.2, 0.25) is 0 Å². The van der Waals surface area contributed by atoms with Crippen LogP contribution in [0.15, 0.2) is 0 Å². The van der Waals surface area contributed by atoms with Gasteiger partial charge in [0, 0.05) is 5.92 Å². The Morgan fingerprint density at radius 2 is 1.95 bits per heavy atom. The lowest BCUT2D eigenvalue weighted by Crippen LogP contribution is -2.34. The Hall–Kier alpha value is -1.06. The van der Waals surface area contributed by atoms with Crippen molar-refractivity contribution in [3.8, 4) is 0 Å². The number of carbonyl (C=O) groups is 2. The minimum Gasteiger partial charge on any atom is -0.460 e. The zero-order valence-electron chi connectivity index (χ0n) is 13.4. The number of cyclic esters (lactones) is 1. The summed E-state index contributed by atoms with van der Waals surface area (Å²) in [6.45, 7) is 11.5. The fraction of sp³-hybridized carbons (Fsp3) is 0.875. The fourth-order valence-electron chi connectivity index (χ4n) is 3.79. The number of esters is 2. The van der Waals surface area contributed by atoms with Crippen LogP contribution in [-0.4, -0.2) is 23.1 Å². The summed E-state index contributed by atoms with van der Waals surface area (Å²) < 4.78 is 10.9. The topological polar surface area (TPSA) is 52.6 Å². The van der Waals surface area contributed by atoms with Crippen LogP contribution < -0.4 is 0 Å². The summed E-state index contributed by atoms with van der Waals surface area (Å²) in [4.78, 5) is 24.3. The number of carbonyl (C=O) groups excluding carboxylic acids is 2. The van der Waals surface area contributed by atoms with Crippen molar-refractivity contribution >= 4 is 11.9 Å². The van der Waals surface area contributed by atoms with E-state index < -0.39 is 11.2 Å². The highest BCUT2D eigenvalue weighted by atomic mass is 16.6. The molecule has 1 saturated carbocycles. The average molecular weight is 282 g/mol. The largest absolute Gasteiger partial charge is 0.460 e. The van der Waals surface area contributed by atoms with Gasteiger partial charge in [-0.2, -0.15) is 0 Å². The van der Waals surface area contributed by atoms with Gasteiger partial charge in [0.1, 0.15) is 11.2 Å². The molecule has 0 amide bonds. The third kappa shape index (κ3) is 2.70. The van der Waals surface area contributed by atoms with Gasteiger partial charge in [-0.05, 0) is 52.9 Å². The molecule has 0 N–H and O–H groups in total. The van der Waals surface area contributed by atoms with E-state index in [1.54, 1.807) is 0 Å². The average Bonchev–Trinajstić information content (AvgIpc) is 2.62. The smallest absolute Gasteiger partial charge is 0.310 e.